The molecule has 0 bridgehead atoms. The second-order valence-electron chi connectivity index (χ2n) is 7.93. The topological polar surface area (TPSA) is 119 Å². The van der Waals surface area contributed by atoms with Crippen LogP contribution in [0.1, 0.15) is 11.1 Å². The average molecular weight is 530 g/mol. The first-order chi connectivity index (χ1) is 18.6. The lowest BCUT2D eigenvalue weighted by Crippen LogP contribution is -2.35. The number of carbonyl (C=O) groups is 1. The zero-order valence-corrected chi connectivity index (χ0v) is 21.4. The second-order valence-corrected chi connectivity index (χ2v) is 8.89. The molecule has 3 heterocycles. The predicted octanol–water partition coefficient (Wildman–Crippen LogP) is 4.22. The largest absolute Gasteiger partial charge is 0.493 e. The van der Waals surface area contributed by atoms with Crippen LogP contribution in [0.25, 0.3) is 6.08 Å². The minimum Gasteiger partial charge on any atom is -0.493 e. The molecule has 1 amide bonds. The Morgan fingerprint density at radius 3 is 2.42 bits per heavy atom. The maximum atomic E-state index is 12.9. The third-order valence-corrected chi connectivity index (χ3v) is 6.46. The van der Waals surface area contributed by atoms with E-state index < -0.39 is 5.91 Å². The van der Waals surface area contributed by atoms with Crippen LogP contribution in [-0.2, 0) is 4.79 Å². The Kier molecular flexibility index (Phi) is 7.36. The van der Waals surface area contributed by atoms with E-state index in [0.717, 1.165) is 11.3 Å². The van der Waals surface area contributed by atoms with Gasteiger partial charge in [-0.3, -0.25) is 15.2 Å². The molecule has 2 aliphatic rings. The van der Waals surface area contributed by atoms with Crippen molar-refractivity contribution in [2.75, 3.05) is 27.4 Å². The van der Waals surface area contributed by atoms with Crippen LogP contribution in [0.4, 0.5) is 0 Å². The lowest BCUT2D eigenvalue weighted by atomic mass is 10.1. The highest BCUT2D eigenvalue weighted by atomic mass is 32.2. The van der Waals surface area contributed by atoms with Gasteiger partial charge in [0, 0.05) is 18.0 Å². The number of amidine groups is 2. The number of ether oxygens (including phenoxy) is 4. The Balaban J connectivity index is 1.36. The van der Waals surface area contributed by atoms with Crippen LogP contribution >= 0.6 is 11.8 Å². The summed E-state index contributed by atoms with van der Waals surface area (Å²) >= 11 is 1.22. The fourth-order valence-corrected chi connectivity index (χ4v) is 4.59. The van der Waals surface area contributed by atoms with Gasteiger partial charge < -0.3 is 18.9 Å². The maximum absolute atomic E-state index is 12.9. The van der Waals surface area contributed by atoms with Gasteiger partial charge in [-0.1, -0.05) is 18.2 Å². The van der Waals surface area contributed by atoms with Crippen LogP contribution in [0.3, 0.4) is 0 Å². The Bertz CT molecular complexity index is 1430. The Labute approximate surface area is 223 Å². The molecule has 2 aromatic carbocycles. The first-order valence-electron chi connectivity index (χ1n) is 11.5. The highest BCUT2D eigenvalue weighted by Gasteiger charge is 2.36. The number of para-hydroxylation sites is 1. The number of nitrogens with one attached hydrogen (secondary N) is 1. The smallest absolute Gasteiger partial charge is 0.283 e. The van der Waals surface area contributed by atoms with E-state index in [0.29, 0.717) is 39.6 Å². The number of aliphatic imine (C=N–C) groups is 1. The Hall–Kier alpha value is -4.64. The highest BCUT2D eigenvalue weighted by Crippen LogP contribution is 2.39. The summed E-state index contributed by atoms with van der Waals surface area (Å²) in [5, 5.41) is 15.4. The van der Waals surface area contributed by atoms with Crippen LogP contribution in [0, 0.1) is 5.41 Å². The number of benzene rings is 2. The molecule has 3 aromatic rings. The molecule has 0 unspecified atom stereocenters. The first-order valence-corrected chi connectivity index (χ1v) is 12.4. The molecule has 0 saturated carbocycles. The number of rotatable bonds is 9. The highest BCUT2D eigenvalue weighted by molar-refractivity contribution is 8.27. The lowest BCUT2D eigenvalue weighted by molar-refractivity contribution is -0.114. The number of amides is 1. The van der Waals surface area contributed by atoms with Crippen molar-refractivity contribution in [3.63, 3.8) is 0 Å². The van der Waals surface area contributed by atoms with E-state index in [9.17, 15) is 4.79 Å². The van der Waals surface area contributed by atoms with Gasteiger partial charge >= 0.3 is 0 Å². The van der Waals surface area contributed by atoms with Gasteiger partial charge in [0.15, 0.2) is 17.3 Å². The SMILES string of the molecule is COc1cc(/C=C2/C(=N)N3N=C(c4cccnc4)SC3=NC2=O)cc(OC)c1OCCOc1ccccc1. The van der Waals surface area contributed by atoms with E-state index in [-0.39, 0.29) is 18.0 Å². The van der Waals surface area contributed by atoms with Gasteiger partial charge in [-0.15, -0.1) is 0 Å². The normalized spacial score (nSPS) is 15.6. The summed E-state index contributed by atoms with van der Waals surface area (Å²) in [5.41, 5.74) is 1.43. The zero-order valence-electron chi connectivity index (χ0n) is 20.6. The third kappa shape index (κ3) is 5.23. The van der Waals surface area contributed by atoms with Crippen molar-refractivity contribution < 1.29 is 23.7 Å². The summed E-state index contributed by atoms with van der Waals surface area (Å²) in [6, 6.07) is 16.5. The molecule has 192 valence electrons. The molecule has 10 nitrogen and oxygen atoms in total. The number of aromatic nitrogens is 1. The first kappa shape index (κ1) is 25.0. The summed E-state index contributed by atoms with van der Waals surface area (Å²) in [6.45, 7) is 0.579. The molecule has 0 spiro atoms. The summed E-state index contributed by atoms with van der Waals surface area (Å²) in [5.74, 6) is 1.35. The van der Waals surface area contributed by atoms with E-state index >= 15 is 0 Å². The molecule has 0 radical (unpaired) electrons. The summed E-state index contributed by atoms with van der Waals surface area (Å²) in [7, 11) is 3.03. The van der Waals surface area contributed by atoms with Gasteiger partial charge in [-0.2, -0.15) is 15.1 Å². The van der Waals surface area contributed by atoms with E-state index in [2.05, 4.69) is 15.1 Å². The molecule has 5 rings (SSSR count). The lowest BCUT2D eigenvalue weighted by Gasteiger charge is -2.20. The number of nitrogens with zero attached hydrogens (tertiary/aromatic N) is 4. The van der Waals surface area contributed by atoms with Crippen molar-refractivity contribution in [1.29, 1.82) is 5.41 Å². The van der Waals surface area contributed by atoms with Gasteiger partial charge in [0.05, 0.1) is 19.8 Å². The molecule has 1 aromatic heterocycles. The number of hydrazone groups is 1. The van der Waals surface area contributed by atoms with E-state index in [1.807, 2.05) is 36.4 Å². The molecule has 0 aliphatic carbocycles. The molecule has 2 aliphatic heterocycles. The number of hydrogen-bond acceptors (Lipinski definition) is 9. The van der Waals surface area contributed by atoms with Gasteiger partial charge in [0.1, 0.15) is 24.0 Å². The van der Waals surface area contributed by atoms with Crippen molar-refractivity contribution in [1.82, 2.24) is 9.99 Å². The monoisotopic (exact) mass is 529 g/mol. The van der Waals surface area contributed by atoms with E-state index in [1.54, 1.807) is 36.7 Å². The summed E-state index contributed by atoms with van der Waals surface area (Å²) in [6.07, 6.45) is 4.89. The van der Waals surface area contributed by atoms with Gasteiger partial charge in [0.25, 0.3) is 5.91 Å². The number of hydrogen-bond donors (Lipinski definition) is 1. The fourth-order valence-electron chi connectivity index (χ4n) is 3.71. The van der Waals surface area contributed by atoms with Gasteiger partial charge in [-0.25, -0.2) is 0 Å². The number of thioether (sulfide) groups is 1. The Morgan fingerprint density at radius 2 is 1.74 bits per heavy atom. The molecule has 0 atom stereocenters. The van der Waals surface area contributed by atoms with Crippen LogP contribution in [0.15, 0.2) is 82.7 Å². The van der Waals surface area contributed by atoms with Crippen molar-refractivity contribution in [3.05, 3.63) is 83.7 Å². The average Bonchev–Trinajstić information content (AvgIpc) is 3.38. The number of pyridine rings is 1. The van der Waals surface area contributed by atoms with Crippen LogP contribution in [0.2, 0.25) is 0 Å². The predicted molar refractivity (Wildman–Crippen MR) is 145 cm³/mol. The van der Waals surface area contributed by atoms with Crippen LogP contribution in [-0.4, -0.2) is 59.4 Å². The van der Waals surface area contributed by atoms with Crippen LogP contribution in [0.5, 0.6) is 23.0 Å². The van der Waals surface area contributed by atoms with Crippen molar-refractivity contribution in [2.24, 2.45) is 10.1 Å². The maximum Gasteiger partial charge on any atom is 0.283 e. The molecule has 0 fully saturated rings. The summed E-state index contributed by atoms with van der Waals surface area (Å²) in [4.78, 5) is 21.1. The third-order valence-electron chi connectivity index (χ3n) is 5.50. The van der Waals surface area contributed by atoms with E-state index in [4.69, 9.17) is 24.4 Å². The molecular weight excluding hydrogens is 506 g/mol. The minimum atomic E-state index is -0.535. The minimum absolute atomic E-state index is 0.0808. The number of carbonyl (C=O) groups excluding carboxylic acids is 1. The fraction of sp³-hybridized carbons (Fsp3) is 0.148. The molecule has 1 N–H and O–H groups in total. The molecule has 0 saturated heterocycles. The van der Waals surface area contributed by atoms with Crippen molar-refractivity contribution in [3.8, 4) is 23.0 Å². The summed E-state index contributed by atoms with van der Waals surface area (Å²) < 4.78 is 22.7. The standard InChI is InChI=1S/C27H23N5O5S/c1-34-21-14-17(15-22(35-2)23(21)37-12-11-36-19-8-4-3-5-9-19)13-20-24(28)32-27(30-25(20)33)38-26(31-32)18-7-6-10-29-16-18/h3-10,13-16,28H,11-12H2,1-2H3/b20-13-,28-24?. The zero-order chi connectivity index (χ0) is 26.5. The van der Waals surface area contributed by atoms with Crippen LogP contribution < -0.4 is 18.9 Å². The number of methoxy groups -OCH3 is 2. The molecule has 11 heteroatoms. The van der Waals surface area contributed by atoms with E-state index in [1.165, 1.54) is 31.0 Å². The Morgan fingerprint density at radius 1 is 1.00 bits per heavy atom. The second kappa shape index (κ2) is 11.2. The molecule has 38 heavy (non-hydrogen) atoms. The molecular formula is C27H23N5O5S. The van der Waals surface area contributed by atoms with Crippen molar-refractivity contribution in [2.45, 2.75) is 0 Å². The van der Waals surface area contributed by atoms with Gasteiger partial charge in [-0.05, 0) is 59.8 Å². The number of fused-ring (bicyclic) bond motifs is 1. The van der Waals surface area contributed by atoms with Crippen molar-refractivity contribution >= 4 is 39.8 Å². The van der Waals surface area contributed by atoms with Gasteiger partial charge in [0.2, 0.25) is 10.9 Å². The quantitative estimate of drug-likeness (QED) is 0.323.